The third-order valence-corrected chi connectivity index (χ3v) is 5.64. The Bertz CT molecular complexity index is 1220. The number of ether oxygens (including phenoxy) is 2. The van der Waals surface area contributed by atoms with Gasteiger partial charge >= 0.3 is 11.9 Å². The molecule has 0 bridgehead atoms. The van der Waals surface area contributed by atoms with Crippen LogP contribution in [0.25, 0.3) is 22.1 Å². The average Bonchev–Trinajstić information content (AvgIpc) is 3.35. The summed E-state index contributed by atoms with van der Waals surface area (Å²) in [5.74, 6) is -0.458. The molecule has 0 saturated carbocycles. The van der Waals surface area contributed by atoms with Crippen molar-refractivity contribution in [3.63, 3.8) is 0 Å². The summed E-state index contributed by atoms with van der Waals surface area (Å²) in [4.78, 5) is 34.7. The van der Waals surface area contributed by atoms with Gasteiger partial charge in [-0.15, -0.1) is 0 Å². The Morgan fingerprint density at radius 2 is 1.97 bits per heavy atom. The minimum atomic E-state index is -0.831. The number of aliphatic hydroxyl groups excluding tert-OH is 1. The number of benzene rings is 1. The summed E-state index contributed by atoms with van der Waals surface area (Å²) in [6, 6.07) is 6.77. The fourth-order valence-corrected chi connectivity index (χ4v) is 4.17. The number of carboxylic acid groups (broad SMARTS) is 1. The standard InChI is InChI=1S/C25H31N3O7/c1-25(2,3)35-24(32)17-12-15(29)13-28(17)23-22-21(16-8-4-5-9-18(16)34-22)26-19(27-23)14-33-11-7-6-10-20(30)31/h4-5,8-9,15,17,29H,6-7,10-14H2,1-3H3,(H,30,31)/t15-,17-/m0/s1. The number of β-amino-alcohol motifs (C(OH)–C–C–N with tert-alkyl or cyclic N) is 1. The van der Waals surface area contributed by atoms with E-state index in [1.165, 1.54) is 0 Å². The molecule has 10 nitrogen and oxygen atoms in total. The predicted octanol–water partition coefficient (Wildman–Crippen LogP) is 3.43. The molecule has 1 aliphatic heterocycles. The molecule has 2 aromatic heterocycles. The first-order valence-electron chi connectivity index (χ1n) is 11.8. The van der Waals surface area contributed by atoms with Crippen molar-refractivity contribution in [2.24, 2.45) is 0 Å². The maximum atomic E-state index is 13.0. The van der Waals surface area contributed by atoms with Gasteiger partial charge in [0.15, 0.2) is 17.2 Å². The van der Waals surface area contributed by atoms with E-state index in [1.807, 2.05) is 24.3 Å². The van der Waals surface area contributed by atoms with E-state index in [0.717, 1.165) is 5.39 Å². The molecule has 2 atom stereocenters. The van der Waals surface area contributed by atoms with Gasteiger partial charge in [0.05, 0.1) is 6.10 Å². The number of furan rings is 1. The van der Waals surface area contributed by atoms with Crippen molar-refractivity contribution < 1.29 is 33.7 Å². The molecule has 188 valence electrons. The fraction of sp³-hybridized carbons (Fsp3) is 0.520. The van der Waals surface area contributed by atoms with Gasteiger partial charge in [0.1, 0.15) is 29.3 Å². The van der Waals surface area contributed by atoms with Gasteiger partial charge in [-0.1, -0.05) is 12.1 Å². The van der Waals surface area contributed by atoms with Crippen molar-refractivity contribution in [3.8, 4) is 0 Å². The van der Waals surface area contributed by atoms with Gasteiger partial charge in [0, 0.05) is 31.4 Å². The van der Waals surface area contributed by atoms with E-state index in [9.17, 15) is 14.7 Å². The zero-order valence-corrected chi connectivity index (χ0v) is 20.2. The van der Waals surface area contributed by atoms with Gasteiger partial charge in [-0.3, -0.25) is 4.79 Å². The molecule has 0 amide bonds. The highest BCUT2D eigenvalue weighted by Crippen LogP contribution is 2.36. The molecule has 4 rings (SSSR count). The molecule has 1 saturated heterocycles. The Kier molecular flexibility index (Phi) is 7.23. The number of hydrogen-bond acceptors (Lipinski definition) is 9. The first-order chi connectivity index (χ1) is 16.6. The molecule has 0 spiro atoms. The van der Waals surface area contributed by atoms with E-state index in [1.54, 1.807) is 25.7 Å². The lowest BCUT2D eigenvalue weighted by molar-refractivity contribution is -0.156. The molecule has 3 heterocycles. The second-order valence-corrected chi connectivity index (χ2v) is 9.73. The highest BCUT2D eigenvalue weighted by atomic mass is 16.6. The lowest BCUT2D eigenvalue weighted by atomic mass is 10.1. The van der Waals surface area contributed by atoms with Crippen LogP contribution in [-0.2, 0) is 25.7 Å². The quantitative estimate of drug-likeness (QED) is 0.343. The van der Waals surface area contributed by atoms with Gasteiger partial charge in [0.25, 0.3) is 0 Å². The maximum absolute atomic E-state index is 13.0. The second-order valence-electron chi connectivity index (χ2n) is 9.73. The van der Waals surface area contributed by atoms with Crippen molar-refractivity contribution in [3.05, 3.63) is 30.1 Å². The fourth-order valence-electron chi connectivity index (χ4n) is 4.17. The van der Waals surface area contributed by atoms with Crippen LogP contribution in [0.5, 0.6) is 0 Å². The number of para-hydroxylation sites is 1. The first kappa shape index (κ1) is 24.9. The third-order valence-electron chi connectivity index (χ3n) is 5.64. The number of carboxylic acids is 1. The van der Waals surface area contributed by atoms with Crippen molar-refractivity contribution in [2.45, 2.75) is 70.8 Å². The molecular weight excluding hydrogens is 454 g/mol. The van der Waals surface area contributed by atoms with Gasteiger partial charge in [0.2, 0.25) is 0 Å². The minimum absolute atomic E-state index is 0.0975. The number of nitrogens with zero attached hydrogens (tertiary/aromatic N) is 3. The summed E-state index contributed by atoms with van der Waals surface area (Å²) in [6.07, 6.45) is 0.720. The number of aliphatic hydroxyl groups is 1. The summed E-state index contributed by atoms with van der Waals surface area (Å²) in [5, 5.41) is 20.0. The number of unbranched alkanes of at least 4 members (excludes halogenated alkanes) is 1. The Morgan fingerprint density at radius 1 is 1.20 bits per heavy atom. The van der Waals surface area contributed by atoms with Gasteiger partial charge in [-0.05, 0) is 45.7 Å². The molecule has 35 heavy (non-hydrogen) atoms. The lowest BCUT2D eigenvalue weighted by Crippen LogP contribution is -2.41. The number of rotatable bonds is 9. The summed E-state index contributed by atoms with van der Waals surface area (Å²) >= 11 is 0. The Morgan fingerprint density at radius 3 is 2.71 bits per heavy atom. The molecule has 3 aromatic rings. The third kappa shape index (κ3) is 5.88. The van der Waals surface area contributed by atoms with Crippen LogP contribution in [0.1, 0.15) is 52.3 Å². The predicted molar refractivity (Wildman–Crippen MR) is 128 cm³/mol. The highest BCUT2D eigenvalue weighted by molar-refractivity contribution is 6.06. The first-order valence-corrected chi connectivity index (χ1v) is 11.8. The van der Waals surface area contributed by atoms with Gasteiger partial charge in [-0.2, -0.15) is 0 Å². The zero-order valence-electron chi connectivity index (χ0n) is 20.2. The van der Waals surface area contributed by atoms with Crippen molar-refractivity contribution in [1.82, 2.24) is 9.97 Å². The van der Waals surface area contributed by atoms with E-state index in [0.29, 0.717) is 47.8 Å². The number of carbonyl (C=O) groups excluding carboxylic acids is 1. The highest BCUT2D eigenvalue weighted by Gasteiger charge is 2.41. The number of aromatic nitrogens is 2. The van der Waals surface area contributed by atoms with E-state index in [4.69, 9.17) is 19.0 Å². The number of hydrogen-bond donors (Lipinski definition) is 2. The topological polar surface area (TPSA) is 135 Å². The van der Waals surface area contributed by atoms with Crippen molar-refractivity contribution in [1.29, 1.82) is 0 Å². The SMILES string of the molecule is CC(C)(C)OC(=O)[C@@H]1C[C@H](O)CN1c1nc(COCCCCC(=O)O)nc2c1oc1ccccc12. The smallest absolute Gasteiger partial charge is 0.329 e. The summed E-state index contributed by atoms with van der Waals surface area (Å²) in [7, 11) is 0. The molecule has 0 radical (unpaired) electrons. The number of carbonyl (C=O) groups is 2. The van der Waals surface area contributed by atoms with E-state index in [-0.39, 0.29) is 26.0 Å². The van der Waals surface area contributed by atoms with Crippen LogP contribution >= 0.6 is 0 Å². The normalized spacial score (nSPS) is 18.5. The molecule has 0 unspecified atom stereocenters. The molecular formula is C25H31N3O7. The molecule has 1 fully saturated rings. The maximum Gasteiger partial charge on any atom is 0.329 e. The van der Waals surface area contributed by atoms with Crippen LogP contribution in [0.2, 0.25) is 0 Å². The number of aliphatic carboxylic acids is 1. The Hall–Kier alpha value is -3.24. The van der Waals surface area contributed by atoms with Crippen LogP contribution in [0.3, 0.4) is 0 Å². The monoisotopic (exact) mass is 485 g/mol. The molecule has 10 heteroatoms. The summed E-state index contributed by atoms with van der Waals surface area (Å²) in [5.41, 5.74) is 0.993. The second kappa shape index (κ2) is 10.2. The van der Waals surface area contributed by atoms with Crippen molar-refractivity contribution >= 4 is 39.8 Å². The molecule has 1 aliphatic rings. The molecule has 1 aromatic carbocycles. The zero-order chi connectivity index (χ0) is 25.2. The number of esters is 1. The Balaban J connectivity index is 1.66. The van der Waals surface area contributed by atoms with Crippen LogP contribution in [0.4, 0.5) is 5.82 Å². The van der Waals surface area contributed by atoms with Crippen molar-refractivity contribution in [2.75, 3.05) is 18.1 Å². The molecule has 0 aliphatic carbocycles. The van der Waals surface area contributed by atoms with Gasteiger partial charge < -0.3 is 29.0 Å². The van der Waals surface area contributed by atoms with Crippen LogP contribution in [0.15, 0.2) is 28.7 Å². The van der Waals surface area contributed by atoms with Crippen LogP contribution in [0, 0.1) is 0 Å². The van der Waals surface area contributed by atoms with Crippen LogP contribution in [-0.4, -0.2) is 63.0 Å². The van der Waals surface area contributed by atoms with E-state index < -0.39 is 29.7 Å². The minimum Gasteiger partial charge on any atom is -0.481 e. The average molecular weight is 486 g/mol. The summed E-state index contributed by atoms with van der Waals surface area (Å²) < 4.78 is 17.4. The van der Waals surface area contributed by atoms with E-state index >= 15 is 0 Å². The van der Waals surface area contributed by atoms with E-state index in [2.05, 4.69) is 9.97 Å². The number of anilines is 1. The Labute approximate surface area is 202 Å². The largest absolute Gasteiger partial charge is 0.481 e. The van der Waals surface area contributed by atoms with Crippen LogP contribution < -0.4 is 4.90 Å². The van der Waals surface area contributed by atoms with Gasteiger partial charge in [-0.25, -0.2) is 14.8 Å². The number of fused-ring (bicyclic) bond motifs is 3. The summed E-state index contributed by atoms with van der Waals surface area (Å²) in [6.45, 7) is 6.09. The lowest BCUT2D eigenvalue weighted by Gasteiger charge is -2.28. The molecule has 2 N–H and O–H groups in total.